The highest BCUT2D eigenvalue weighted by Crippen LogP contribution is 2.16. The molecule has 2 rings (SSSR count). The molecule has 0 radical (unpaired) electrons. The van der Waals surface area contributed by atoms with Gasteiger partial charge in [0.15, 0.2) is 0 Å². The molecule has 4 nitrogen and oxygen atoms in total. The molecule has 0 saturated carbocycles. The van der Waals surface area contributed by atoms with E-state index in [0.29, 0.717) is 13.1 Å². The fraction of sp³-hybridized carbons (Fsp3) is 0.500. The fourth-order valence-corrected chi connectivity index (χ4v) is 2.96. The van der Waals surface area contributed by atoms with Gasteiger partial charge in [0.25, 0.3) is 0 Å². The molecule has 0 atom stereocenters. The molecule has 1 aliphatic rings. The van der Waals surface area contributed by atoms with Crippen LogP contribution in [0.5, 0.6) is 0 Å². The molecule has 0 saturated heterocycles. The molecule has 0 unspecified atom stereocenters. The number of hydrogen-bond acceptors (Lipinski definition) is 3. The number of benzene rings is 1. The highest BCUT2D eigenvalue weighted by atomic mass is 16.6. The van der Waals surface area contributed by atoms with Gasteiger partial charge in [0.1, 0.15) is 5.60 Å². The summed E-state index contributed by atoms with van der Waals surface area (Å²) in [6.45, 7) is 13.6. The molecule has 0 aliphatic carbocycles. The number of amides is 1. The van der Waals surface area contributed by atoms with Gasteiger partial charge in [0, 0.05) is 32.7 Å². The van der Waals surface area contributed by atoms with Crippen LogP contribution in [0.4, 0.5) is 4.79 Å². The van der Waals surface area contributed by atoms with Crippen molar-refractivity contribution in [2.75, 3.05) is 32.7 Å². The molecular formula is C22H32N2O2. The second kappa shape index (κ2) is 9.58. The fourth-order valence-electron chi connectivity index (χ4n) is 2.96. The van der Waals surface area contributed by atoms with Crippen LogP contribution in [0, 0.1) is 0 Å². The minimum absolute atomic E-state index is 0.273. The Morgan fingerprint density at radius 2 is 2.04 bits per heavy atom. The van der Waals surface area contributed by atoms with Crippen molar-refractivity contribution in [2.45, 2.75) is 39.2 Å². The van der Waals surface area contributed by atoms with Crippen LogP contribution in [-0.2, 0) is 11.2 Å². The van der Waals surface area contributed by atoms with Crippen LogP contribution >= 0.6 is 0 Å². The van der Waals surface area contributed by atoms with Crippen LogP contribution < -0.4 is 0 Å². The van der Waals surface area contributed by atoms with Crippen molar-refractivity contribution in [3.8, 4) is 0 Å². The van der Waals surface area contributed by atoms with E-state index >= 15 is 0 Å². The summed E-state index contributed by atoms with van der Waals surface area (Å²) in [6.07, 6.45) is 5.80. The topological polar surface area (TPSA) is 32.8 Å². The number of carbonyl (C=O) groups is 1. The molecule has 1 amide bonds. The number of hydrogen-bond donors (Lipinski definition) is 0. The lowest BCUT2D eigenvalue weighted by molar-refractivity contribution is 0.0285. The van der Waals surface area contributed by atoms with Gasteiger partial charge >= 0.3 is 6.09 Å². The van der Waals surface area contributed by atoms with Crippen molar-refractivity contribution in [2.24, 2.45) is 0 Å². The first-order chi connectivity index (χ1) is 12.4. The smallest absolute Gasteiger partial charge is 0.410 e. The first-order valence-corrected chi connectivity index (χ1v) is 9.40. The Kier molecular flexibility index (Phi) is 7.46. The molecule has 0 spiro atoms. The van der Waals surface area contributed by atoms with E-state index < -0.39 is 5.60 Å². The lowest BCUT2D eigenvalue weighted by Gasteiger charge is -2.30. The van der Waals surface area contributed by atoms with E-state index in [1.807, 2.05) is 20.8 Å². The van der Waals surface area contributed by atoms with E-state index in [9.17, 15) is 4.79 Å². The highest BCUT2D eigenvalue weighted by Gasteiger charge is 2.23. The van der Waals surface area contributed by atoms with E-state index in [0.717, 1.165) is 32.5 Å². The van der Waals surface area contributed by atoms with Gasteiger partial charge in [-0.3, -0.25) is 4.90 Å². The lowest BCUT2D eigenvalue weighted by atomic mass is 10.1. The van der Waals surface area contributed by atoms with Crippen LogP contribution in [0.1, 0.15) is 32.8 Å². The summed E-state index contributed by atoms with van der Waals surface area (Å²) in [4.78, 5) is 16.6. The molecule has 1 aromatic carbocycles. The van der Waals surface area contributed by atoms with E-state index in [-0.39, 0.29) is 6.09 Å². The van der Waals surface area contributed by atoms with Crippen LogP contribution in [0.25, 0.3) is 0 Å². The van der Waals surface area contributed by atoms with E-state index in [2.05, 4.69) is 47.9 Å². The molecule has 142 valence electrons. The summed E-state index contributed by atoms with van der Waals surface area (Å²) < 4.78 is 5.50. The third-order valence-corrected chi connectivity index (χ3v) is 4.34. The zero-order chi connectivity index (χ0) is 19.0. The summed E-state index contributed by atoms with van der Waals surface area (Å²) in [5.41, 5.74) is 2.20. The predicted octanol–water partition coefficient (Wildman–Crippen LogP) is 4.28. The van der Waals surface area contributed by atoms with Crippen molar-refractivity contribution in [1.29, 1.82) is 0 Å². The first-order valence-electron chi connectivity index (χ1n) is 9.40. The number of carbonyl (C=O) groups excluding carboxylic acids is 1. The second-order valence-corrected chi connectivity index (χ2v) is 7.80. The van der Waals surface area contributed by atoms with Gasteiger partial charge in [0.2, 0.25) is 0 Å². The normalized spacial score (nSPS) is 15.3. The maximum absolute atomic E-state index is 12.4. The van der Waals surface area contributed by atoms with Gasteiger partial charge in [0.05, 0.1) is 0 Å². The minimum Gasteiger partial charge on any atom is -0.444 e. The van der Waals surface area contributed by atoms with Crippen molar-refractivity contribution in [3.63, 3.8) is 0 Å². The number of rotatable bonds is 7. The maximum atomic E-state index is 12.4. The Morgan fingerprint density at radius 3 is 2.62 bits per heavy atom. The third kappa shape index (κ3) is 7.04. The SMILES string of the molecule is C=CCN(CC1=CCN(CCc2ccccc2)CC1)C(=O)OC(C)(C)C. The van der Waals surface area contributed by atoms with Gasteiger partial charge in [-0.2, -0.15) is 0 Å². The molecule has 26 heavy (non-hydrogen) atoms. The standard InChI is InChI=1S/C22H32N2O2/c1-5-14-24(21(25)26-22(2,3)4)18-20-12-16-23(17-13-20)15-11-19-9-7-6-8-10-19/h5-10,12H,1,11,13-18H2,2-4H3. The average Bonchev–Trinajstić information content (AvgIpc) is 2.60. The molecule has 1 aliphatic heterocycles. The van der Waals surface area contributed by atoms with Gasteiger partial charge in [-0.1, -0.05) is 48.1 Å². The van der Waals surface area contributed by atoms with Gasteiger partial charge < -0.3 is 9.64 Å². The Morgan fingerprint density at radius 1 is 1.31 bits per heavy atom. The van der Waals surface area contributed by atoms with E-state index in [1.165, 1.54) is 11.1 Å². The lowest BCUT2D eigenvalue weighted by Crippen LogP contribution is -2.39. The van der Waals surface area contributed by atoms with Crippen LogP contribution in [0.3, 0.4) is 0 Å². The summed E-state index contributed by atoms with van der Waals surface area (Å²) in [7, 11) is 0. The van der Waals surface area contributed by atoms with Crippen molar-refractivity contribution in [3.05, 3.63) is 60.2 Å². The van der Waals surface area contributed by atoms with E-state index in [4.69, 9.17) is 4.74 Å². The van der Waals surface area contributed by atoms with Crippen LogP contribution in [-0.4, -0.2) is 54.2 Å². The third-order valence-electron chi connectivity index (χ3n) is 4.34. The number of nitrogens with zero attached hydrogens (tertiary/aromatic N) is 2. The Hall–Kier alpha value is -2.07. The van der Waals surface area contributed by atoms with Gasteiger partial charge in [-0.15, -0.1) is 6.58 Å². The van der Waals surface area contributed by atoms with Crippen molar-refractivity contribution in [1.82, 2.24) is 9.80 Å². The Balaban J connectivity index is 1.84. The molecule has 0 aromatic heterocycles. The average molecular weight is 357 g/mol. The zero-order valence-corrected chi connectivity index (χ0v) is 16.4. The molecule has 0 N–H and O–H groups in total. The molecule has 1 heterocycles. The predicted molar refractivity (Wildman–Crippen MR) is 107 cm³/mol. The van der Waals surface area contributed by atoms with E-state index in [1.54, 1.807) is 11.0 Å². The summed E-state index contributed by atoms with van der Waals surface area (Å²) in [5, 5.41) is 0. The largest absolute Gasteiger partial charge is 0.444 e. The quantitative estimate of drug-likeness (QED) is 0.684. The zero-order valence-electron chi connectivity index (χ0n) is 16.4. The van der Waals surface area contributed by atoms with Crippen LogP contribution in [0.15, 0.2) is 54.6 Å². The molecule has 0 bridgehead atoms. The van der Waals surface area contributed by atoms with Crippen molar-refractivity contribution < 1.29 is 9.53 Å². The first kappa shape index (κ1) is 20.2. The minimum atomic E-state index is -0.480. The maximum Gasteiger partial charge on any atom is 0.410 e. The van der Waals surface area contributed by atoms with Gasteiger partial charge in [-0.25, -0.2) is 4.79 Å². The number of ether oxygens (including phenoxy) is 1. The summed E-state index contributed by atoms with van der Waals surface area (Å²) in [5.74, 6) is 0. The summed E-state index contributed by atoms with van der Waals surface area (Å²) in [6, 6.07) is 10.6. The van der Waals surface area contributed by atoms with Gasteiger partial charge in [-0.05, 0) is 39.2 Å². The Bertz CT molecular complexity index is 617. The summed E-state index contributed by atoms with van der Waals surface area (Å²) >= 11 is 0. The molecular weight excluding hydrogens is 324 g/mol. The molecule has 1 aromatic rings. The second-order valence-electron chi connectivity index (χ2n) is 7.80. The van der Waals surface area contributed by atoms with Crippen molar-refractivity contribution >= 4 is 6.09 Å². The molecule has 4 heteroatoms. The highest BCUT2D eigenvalue weighted by molar-refractivity contribution is 5.68. The van der Waals surface area contributed by atoms with Crippen LogP contribution in [0.2, 0.25) is 0 Å². The monoisotopic (exact) mass is 356 g/mol. The Labute approximate surface area is 158 Å². The molecule has 0 fully saturated rings.